The maximum Gasteiger partial charge on any atom is 0.251 e. The number of hydrogen-bond donors (Lipinski definition) is 1. The highest BCUT2D eigenvalue weighted by Gasteiger charge is 2.17. The van der Waals surface area contributed by atoms with Gasteiger partial charge in [-0.2, -0.15) is 0 Å². The first kappa shape index (κ1) is 32.2. The van der Waals surface area contributed by atoms with Crippen molar-refractivity contribution in [1.29, 1.82) is 0 Å². The van der Waals surface area contributed by atoms with Gasteiger partial charge in [0.15, 0.2) is 5.16 Å². The summed E-state index contributed by atoms with van der Waals surface area (Å²) in [6.07, 6.45) is 0.713. The smallest absolute Gasteiger partial charge is 0.251 e. The van der Waals surface area contributed by atoms with Gasteiger partial charge in [-0.25, -0.2) is 9.97 Å². The molecule has 0 aliphatic heterocycles. The number of likely N-dealkylation sites (N-methyl/N-ethyl adjacent to an activating group) is 1. The number of aromatic nitrogens is 2. The molecule has 0 saturated carbocycles. The Hall–Kier alpha value is -4.17. The quantitative estimate of drug-likeness (QED) is 0.0766. The molecule has 5 aromatic rings. The monoisotopic (exact) mass is 635 g/mol. The number of benzene rings is 4. The number of hydrogen-bond acceptors (Lipinski definition) is 6. The SMILES string of the molecule is CN(C)CCN(Cc1ccccc1)c1cc(Cl)nc(SCc2ccc(C(=O)NC(Cc3ccccc3)c3ccccc3)cc2)n1. The normalized spacial score (nSPS) is 11.7. The van der Waals surface area contributed by atoms with Crippen LogP contribution in [0.4, 0.5) is 5.82 Å². The van der Waals surface area contributed by atoms with Crippen LogP contribution in [0, 0.1) is 0 Å². The number of rotatable bonds is 14. The maximum absolute atomic E-state index is 13.3. The van der Waals surface area contributed by atoms with Gasteiger partial charge in [0.05, 0.1) is 6.04 Å². The summed E-state index contributed by atoms with van der Waals surface area (Å²) in [5.41, 5.74) is 5.15. The van der Waals surface area contributed by atoms with E-state index in [2.05, 4.69) is 82.7 Å². The van der Waals surface area contributed by atoms with E-state index in [4.69, 9.17) is 16.6 Å². The van der Waals surface area contributed by atoms with Crippen LogP contribution in [0.1, 0.15) is 38.7 Å². The van der Waals surface area contributed by atoms with Crippen molar-refractivity contribution in [2.24, 2.45) is 0 Å². The van der Waals surface area contributed by atoms with Crippen LogP contribution in [0.15, 0.2) is 126 Å². The fourth-order valence-electron chi connectivity index (χ4n) is 4.94. The van der Waals surface area contributed by atoms with Crippen LogP contribution in [0.5, 0.6) is 0 Å². The third kappa shape index (κ3) is 9.91. The molecule has 1 amide bonds. The Balaban J connectivity index is 1.24. The van der Waals surface area contributed by atoms with E-state index in [0.717, 1.165) is 36.6 Å². The maximum atomic E-state index is 13.3. The Labute approximate surface area is 275 Å². The molecular formula is C37H38ClN5OS. The van der Waals surface area contributed by atoms with Gasteiger partial charge in [-0.15, -0.1) is 0 Å². The van der Waals surface area contributed by atoms with E-state index in [1.807, 2.05) is 72.8 Å². The first-order valence-corrected chi connectivity index (χ1v) is 16.4. The molecule has 0 aliphatic carbocycles. The molecule has 1 aromatic heterocycles. The molecule has 1 heterocycles. The molecule has 0 saturated heterocycles. The van der Waals surface area contributed by atoms with Crippen molar-refractivity contribution in [3.05, 3.63) is 154 Å². The minimum atomic E-state index is -0.135. The van der Waals surface area contributed by atoms with Gasteiger partial charge in [0.25, 0.3) is 5.91 Å². The summed E-state index contributed by atoms with van der Waals surface area (Å²) in [4.78, 5) is 27.1. The molecule has 45 heavy (non-hydrogen) atoms. The first-order chi connectivity index (χ1) is 21.9. The van der Waals surface area contributed by atoms with Crippen molar-refractivity contribution >= 4 is 35.1 Å². The third-order valence-corrected chi connectivity index (χ3v) is 8.50. The molecule has 4 aromatic carbocycles. The number of carbonyl (C=O) groups is 1. The van der Waals surface area contributed by atoms with E-state index >= 15 is 0 Å². The molecule has 1 unspecified atom stereocenters. The summed E-state index contributed by atoms with van der Waals surface area (Å²) in [6, 6.07) is 40.1. The van der Waals surface area contributed by atoms with E-state index in [1.165, 1.54) is 22.9 Å². The van der Waals surface area contributed by atoms with Crippen LogP contribution in [-0.2, 0) is 18.7 Å². The van der Waals surface area contributed by atoms with Gasteiger partial charge in [0.1, 0.15) is 11.0 Å². The lowest BCUT2D eigenvalue weighted by Gasteiger charge is -2.26. The summed E-state index contributed by atoms with van der Waals surface area (Å²) in [5, 5.41) is 4.28. The fraction of sp³-hybridized carbons (Fsp3) is 0.216. The Morgan fingerprint density at radius 3 is 2.04 bits per heavy atom. The minimum absolute atomic E-state index is 0.0990. The van der Waals surface area contributed by atoms with Crippen molar-refractivity contribution in [3.8, 4) is 0 Å². The van der Waals surface area contributed by atoms with E-state index in [9.17, 15) is 4.79 Å². The molecule has 0 radical (unpaired) electrons. The zero-order valence-electron chi connectivity index (χ0n) is 25.6. The van der Waals surface area contributed by atoms with Crippen LogP contribution in [0.2, 0.25) is 5.15 Å². The molecule has 1 atom stereocenters. The van der Waals surface area contributed by atoms with Crippen LogP contribution in [0.3, 0.4) is 0 Å². The van der Waals surface area contributed by atoms with Gasteiger partial charge in [0.2, 0.25) is 0 Å². The minimum Gasteiger partial charge on any atom is -0.351 e. The zero-order valence-corrected chi connectivity index (χ0v) is 27.2. The van der Waals surface area contributed by atoms with Crippen molar-refractivity contribution < 1.29 is 4.79 Å². The Bertz CT molecular complexity index is 1640. The summed E-state index contributed by atoms with van der Waals surface area (Å²) >= 11 is 8.02. The van der Waals surface area contributed by atoms with Crippen molar-refractivity contribution in [2.45, 2.75) is 29.9 Å². The second kappa shape index (κ2) is 16.2. The zero-order chi connectivity index (χ0) is 31.4. The lowest BCUT2D eigenvalue weighted by Crippen LogP contribution is -2.32. The van der Waals surface area contributed by atoms with E-state index in [-0.39, 0.29) is 11.9 Å². The third-order valence-electron chi connectivity index (χ3n) is 7.39. The molecule has 0 bridgehead atoms. The second-order valence-corrected chi connectivity index (χ2v) is 12.5. The summed E-state index contributed by atoms with van der Waals surface area (Å²) in [6.45, 7) is 2.42. The van der Waals surface area contributed by atoms with Gasteiger partial charge in [-0.05, 0) is 54.9 Å². The highest BCUT2D eigenvalue weighted by atomic mass is 35.5. The number of nitrogens with one attached hydrogen (secondary N) is 1. The van der Waals surface area contributed by atoms with E-state index in [0.29, 0.717) is 28.0 Å². The number of halogens is 1. The lowest BCUT2D eigenvalue weighted by atomic mass is 9.98. The van der Waals surface area contributed by atoms with Crippen LogP contribution < -0.4 is 10.2 Å². The van der Waals surface area contributed by atoms with Crippen LogP contribution in [-0.4, -0.2) is 48.0 Å². The topological polar surface area (TPSA) is 61.4 Å². The van der Waals surface area contributed by atoms with Crippen LogP contribution >= 0.6 is 23.4 Å². The average molecular weight is 636 g/mol. The van der Waals surface area contributed by atoms with E-state index < -0.39 is 0 Å². The van der Waals surface area contributed by atoms with Gasteiger partial charge < -0.3 is 15.1 Å². The van der Waals surface area contributed by atoms with Gasteiger partial charge in [-0.3, -0.25) is 4.79 Å². The number of anilines is 1. The average Bonchev–Trinajstić information content (AvgIpc) is 3.06. The molecule has 1 N–H and O–H groups in total. The molecular weight excluding hydrogens is 598 g/mol. The first-order valence-electron chi connectivity index (χ1n) is 15.0. The number of amides is 1. The number of nitrogens with zero attached hydrogens (tertiary/aromatic N) is 4. The predicted molar refractivity (Wildman–Crippen MR) is 186 cm³/mol. The Morgan fingerprint density at radius 1 is 0.778 bits per heavy atom. The standard InChI is InChI=1S/C37H38ClN5OS/c1-42(2)22-23-43(26-29-14-8-4-9-15-29)35-25-34(38)40-37(41-35)45-27-30-18-20-32(21-19-30)36(44)39-33(31-16-10-5-11-17-31)24-28-12-6-3-7-13-28/h3-21,25,33H,22-24,26-27H2,1-2H3,(H,39,44). The molecule has 230 valence electrons. The highest BCUT2D eigenvalue weighted by molar-refractivity contribution is 7.98. The van der Waals surface area contributed by atoms with Crippen molar-refractivity contribution in [2.75, 3.05) is 32.1 Å². The number of thioether (sulfide) groups is 1. The molecule has 8 heteroatoms. The van der Waals surface area contributed by atoms with Crippen molar-refractivity contribution in [3.63, 3.8) is 0 Å². The van der Waals surface area contributed by atoms with Gasteiger partial charge >= 0.3 is 0 Å². The highest BCUT2D eigenvalue weighted by Crippen LogP contribution is 2.26. The Kier molecular flexibility index (Phi) is 11.6. The molecule has 0 spiro atoms. The molecule has 0 fully saturated rings. The largest absolute Gasteiger partial charge is 0.351 e. The number of carbonyl (C=O) groups excluding carboxylic acids is 1. The van der Waals surface area contributed by atoms with Gasteiger partial charge in [-0.1, -0.05) is 126 Å². The van der Waals surface area contributed by atoms with E-state index in [1.54, 1.807) is 0 Å². The summed E-state index contributed by atoms with van der Waals surface area (Å²) in [5.74, 6) is 1.36. The second-order valence-electron chi connectivity index (χ2n) is 11.2. The van der Waals surface area contributed by atoms with Crippen molar-refractivity contribution in [1.82, 2.24) is 20.2 Å². The predicted octanol–water partition coefficient (Wildman–Crippen LogP) is 7.70. The molecule has 0 aliphatic rings. The summed E-state index contributed by atoms with van der Waals surface area (Å²) < 4.78 is 0. The fourth-order valence-corrected chi connectivity index (χ4v) is 5.98. The molecule has 5 rings (SSSR count). The van der Waals surface area contributed by atoms with Gasteiger partial charge in [0, 0.05) is 37.0 Å². The molecule has 6 nitrogen and oxygen atoms in total. The lowest BCUT2D eigenvalue weighted by molar-refractivity contribution is 0.0936. The van der Waals surface area contributed by atoms with Crippen LogP contribution in [0.25, 0.3) is 0 Å². The summed E-state index contributed by atoms with van der Waals surface area (Å²) in [7, 11) is 4.13. The Morgan fingerprint density at radius 2 is 1.40 bits per heavy atom.